The zero-order valence-corrected chi connectivity index (χ0v) is 8.78. The van der Waals surface area contributed by atoms with Crippen LogP contribution in [-0.2, 0) is 4.79 Å². The molecule has 2 rings (SSSR count). The van der Waals surface area contributed by atoms with E-state index < -0.39 is 12.0 Å². The molecule has 3 nitrogen and oxygen atoms in total. The first kappa shape index (κ1) is 10.4. The fourth-order valence-corrected chi connectivity index (χ4v) is 2.03. The topological polar surface area (TPSA) is 63.3 Å². The zero-order valence-electron chi connectivity index (χ0n) is 8.78. The Balaban J connectivity index is 1.91. The molecule has 1 fully saturated rings. The number of allylic oxidation sites excluding steroid dienone is 3. The van der Waals surface area contributed by atoms with Crippen molar-refractivity contribution in [2.24, 2.45) is 11.7 Å². The Bertz CT molecular complexity index is 327. The van der Waals surface area contributed by atoms with Crippen molar-refractivity contribution in [1.29, 1.82) is 0 Å². The lowest BCUT2D eigenvalue weighted by atomic mass is 9.92. The van der Waals surface area contributed by atoms with Gasteiger partial charge in [0, 0.05) is 0 Å². The van der Waals surface area contributed by atoms with Crippen LogP contribution in [0.5, 0.6) is 0 Å². The molecule has 82 valence electrons. The Hall–Kier alpha value is -1.09. The fourth-order valence-electron chi connectivity index (χ4n) is 2.03. The Morgan fingerprint density at radius 1 is 1.47 bits per heavy atom. The molecule has 3 heteroatoms. The number of rotatable bonds is 4. The van der Waals surface area contributed by atoms with Gasteiger partial charge in [0.1, 0.15) is 6.04 Å². The summed E-state index contributed by atoms with van der Waals surface area (Å²) in [5.74, 6) is -0.0798. The molecule has 0 saturated heterocycles. The van der Waals surface area contributed by atoms with Crippen molar-refractivity contribution in [2.45, 2.75) is 38.1 Å². The molecule has 1 saturated carbocycles. The summed E-state index contributed by atoms with van der Waals surface area (Å²) in [6.07, 6.45) is 9.49. The van der Waals surface area contributed by atoms with Gasteiger partial charge in [-0.25, -0.2) is 0 Å². The Morgan fingerprint density at radius 3 is 2.67 bits per heavy atom. The lowest BCUT2D eigenvalue weighted by molar-refractivity contribution is -0.138. The van der Waals surface area contributed by atoms with E-state index in [0.717, 1.165) is 18.8 Å². The lowest BCUT2D eigenvalue weighted by Crippen LogP contribution is -2.30. The van der Waals surface area contributed by atoms with Gasteiger partial charge in [-0.15, -0.1) is 0 Å². The van der Waals surface area contributed by atoms with Crippen molar-refractivity contribution in [3.8, 4) is 0 Å². The van der Waals surface area contributed by atoms with Crippen molar-refractivity contribution in [1.82, 2.24) is 0 Å². The highest BCUT2D eigenvalue weighted by Gasteiger charge is 2.26. The number of carboxylic acid groups (broad SMARTS) is 1. The highest BCUT2D eigenvalue weighted by atomic mass is 16.4. The monoisotopic (exact) mass is 207 g/mol. The molecular weight excluding hydrogens is 190 g/mol. The van der Waals surface area contributed by atoms with E-state index in [1.807, 2.05) is 0 Å². The maximum absolute atomic E-state index is 10.6. The molecule has 2 aliphatic carbocycles. The first-order valence-electron chi connectivity index (χ1n) is 5.53. The van der Waals surface area contributed by atoms with Crippen LogP contribution in [0.1, 0.15) is 32.1 Å². The van der Waals surface area contributed by atoms with Crippen LogP contribution in [0.2, 0.25) is 0 Å². The van der Waals surface area contributed by atoms with Gasteiger partial charge in [0.2, 0.25) is 0 Å². The molecule has 3 N–H and O–H groups in total. The summed E-state index contributed by atoms with van der Waals surface area (Å²) in [6, 6.07) is -0.743. The number of carboxylic acids is 1. The summed E-state index contributed by atoms with van der Waals surface area (Å²) in [5.41, 5.74) is 8.21. The third-order valence-corrected chi connectivity index (χ3v) is 3.17. The van der Waals surface area contributed by atoms with E-state index in [1.165, 1.54) is 18.4 Å². The third-order valence-electron chi connectivity index (χ3n) is 3.17. The molecule has 1 atom stereocenters. The number of carbonyl (C=O) groups is 1. The smallest absolute Gasteiger partial charge is 0.320 e. The van der Waals surface area contributed by atoms with Gasteiger partial charge in [0.05, 0.1) is 0 Å². The highest BCUT2D eigenvalue weighted by Crippen LogP contribution is 2.40. The SMILES string of the molecule is NC(CC1=CC=C(C2CC2)CC1)C(=O)O. The second kappa shape index (κ2) is 4.19. The van der Waals surface area contributed by atoms with Crippen molar-refractivity contribution in [3.05, 3.63) is 23.3 Å². The number of nitrogens with two attached hydrogens (primary N) is 1. The molecule has 0 bridgehead atoms. The third kappa shape index (κ3) is 2.69. The highest BCUT2D eigenvalue weighted by molar-refractivity contribution is 5.73. The summed E-state index contributed by atoms with van der Waals surface area (Å²) in [7, 11) is 0. The quantitative estimate of drug-likeness (QED) is 0.739. The lowest BCUT2D eigenvalue weighted by Gasteiger charge is -2.15. The molecule has 0 aromatic carbocycles. The van der Waals surface area contributed by atoms with Gasteiger partial charge in [-0.2, -0.15) is 0 Å². The van der Waals surface area contributed by atoms with Crippen LogP contribution >= 0.6 is 0 Å². The standard InChI is InChI=1S/C12H17NO2/c13-11(12(14)15)7-8-1-3-9(4-2-8)10-5-6-10/h1,3,10-11H,2,4-7,13H2,(H,14,15). The normalized spacial score (nSPS) is 23.0. The molecule has 0 heterocycles. The number of hydrogen-bond donors (Lipinski definition) is 2. The summed E-state index contributed by atoms with van der Waals surface area (Å²) >= 11 is 0. The van der Waals surface area contributed by atoms with Gasteiger partial charge in [-0.05, 0) is 38.0 Å². The van der Waals surface area contributed by atoms with Gasteiger partial charge < -0.3 is 10.8 Å². The van der Waals surface area contributed by atoms with Gasteiger partial charge in [0.25, 0.3) is 0 Å². The maximum atomic E-state index is 10.6. The van der Waals surface area contributed by atoms with Crippen LogP contribution in [-0.4, -0.2) is 17.1 Å². The predicted octanol–water partition coefficient (Wildman–Crippen LogP) is 1.85. The molecule has 0 spiro atoms. The van der Waals surface area contributed by atoms with Gasteiger partial charge in [-0.1, -0.05) is 23.3 Å². The van der Waals surface area contributed by atoms with E-state index in [4.69, 9.17) is 10.8 Å². The number of hydrogen-bond acceptors (Lipinski definition) is 2. The predicted molar refractivity (Wildman–Crippen MR) is 58.4 cm³/mol. The van der Waals surface area contributed by atoms with Crippen molar-refractivity contribution in [3.63, 3.8) is 0 Å². The molecule has 15 heavy (non-hydrogen) atoms. The van der Waals surface area contributed by atoms with E-state index >= 15 is 0 Å². The van der Waals surface area contributed by atoms with Gasteiger partial charge >= 0.3 is 5.97 Å². The van der Waals surface area contributed by atoms with E-state index in [9.17, 15) is 4.79 Å². The minimum absolute atomic E-state index is 0.490. The largest absolute Gasteiger partial charge is 0.480 e. The molecule has 0 aromatic heterocycles. The zero-order chi connectivity index (χ0) is 10.8. The maximum Gasteiger partial charge on any atom is 0.320 e. The van der Waals surface area contributed by atoms with E-state index in [2.05, 4.69) is 12.2 Å². The van der Waals surface area contributed by atoms with Gasteiger partial charge in [-0.3, -0.25) is 4.79 Å². The van der Waals surface area contributed by atoms with Crippen LogP contribution in [0.25, 0.3) is 0 Å². The van der Waals surface area contributed by atoms with E-state index in [-0.39, 0.29) is 0 Å². The molecule has 1 unspecified atom stereocenters. The van der Waals surface area contributed by atoms with Crippen LogP contribution in [0.15, 0.2) is 23.3 Å². The van der Waals surface area contributed by atoms with Crippen LogP contribution in [0.4, 0.5) is 0 Å². The van der Waals surface area contributed by atoms with Crippen LogP contribution in [0.3, 0.4) is 0 Å². The van der Waals surface area contributed by atoms with Crippen molar-refractivity contribution >= 4 is 5.97 Å². The number of aliphatic carboxylic acids is 1. The minimum Gasteiger partial charge on any atom is -0.480 e. The summed E-state index contributed by atoms with van der Waals surface area (Å²) in [6.45, 7) is 0. The second-order valence-corrected chi connectivity index (χ2v) is 4.49. The second-order valence-electron chi connectivity index (χ2n) is 4.49. The van der Waals surface area contributed by atoms with E-state index in [0.29, 0.717) is 6.42 Å². The Kier molecular flexibility index (Phi) is 2.91. The molecular formula is C12H17NO2. The summed E-state index contributed by atoms with van der Waals surface area (Å²) in [4.78, 5) is 10.6. The molecule has 2 aliphatic rings. The van der Waals surface area contributed by atoms with Crippen molar-refractivity contribution < 1.29 is 9.90 Å². The summed E-state index contributed by atoms with van der Waals surface area (Å²) < 4.78 is 0. The molecule has 0 aliphatic heterocycles. The fraction of sp³-hybridized carbons (Fsp3) is 0.583. The molecule has 0 amide bonds. The molecule has 0 radical (unpaired) electrons. The Labute approximate surface area is 89.7 Å². The first-order chi connectivity index (χ1) is 7.16. The van der Waals surface area contributed by atoms with Crippen LogP contribution in [0, 0.1) is 5.92 Å². The van der Waals surface area contributed by atoms with E-state index in [1.54, 1.807) is 5.57 Å². The van der Waals surface area contributed by atoms with Crippen LogP contribution < -0.4 is 5.73 Å². The van der Waals surface area contributed by atoms with Gasteiger partial charge in [0.15, 0.2) is 0 Å². The Morgan fingerprint density at radius 2 is 2.20 bits per heavy atom. The minimum atomic E-state index is -0.909. The van der Waals surface area contributed by atoms with Crippen molar-refractivity contribution in [2.75, 3.05) is 0 Å². The first-order valence-corrected chi connectivity index (χ1v) is 5.53. The average molecular weight is 207 g/mol. The average Bonchev–Trinajstić information content (AvgIpc) is 3.02. The molecule has 0 aromatic rings. The summed E-state index contributed by atoms with van der Waals surface area (Å²) in [5, 5.41) is 8.70.